The highest BCUT2D eigenvalue weighted by molar-refractivity contribution is 5.73. The predicted molar refractivity (Wildman–Crippen MR) is 82.2 cm³/mol. The summed E-state index contributed by atoms with van der Waals surface area (Å²) in [6, 6.07) is 6.57. The Labute approximate surface area is 124 Å². The fourth-order valence-electron chi connectivity index (χ4n) is 4.67. The molecule has 0 aliphatic heterocycles. The number of aryl methyl sites for hydroxylation is 1. The number of hydrogen-bond donors (Lipinski definition) is 1. The third-order valence-corrected chi connectivity index (χ3v) is 5.71. The fraction of sp³-hybridized carbons (Fsp3) is 0.588. The average Bonchev–Trinajstić information content (AvgIpc) is 3.16. The quantitative estimate of drug-likeness (QED) is 0.944. The highest BCUT2D eigenvalue weighted by atomic mass is 16.4. The molecular weight excluding hydrogens is 264 g/mol. The van der Waals surface area contributed by atoms with Crippen LogP contribution in [0.3, 0.4) is 0 Å². The maximum absolute atomic E-state index is 11.6. The summed E-state index contributed by atoms with van der Waals surface area (Å²) >= 11 is 0. The van der Waals surface area contributed by atoms with Gasteiger partial charge in [-0.2, -0.15) is 0 Å². The minimum atomic E-state index is -0.289. The molecule has 1 N–H and O–H groups in total. The van der Waals surface area contributed by atoms with Crippen molar-refractivity contribution in [1.82, 2.24) is 9.88 Å². The van der Waals surface area contributed by atoms with Crippen LogP contribution in [0.5, 0.6) is 0 Å². The molecule has 1 aromatic heterocycles. The molecule has 21 heavy (non-hydrogen) atoms. The number of nitrogens with zero attached hydrogens (tertiary/aromatic N) is 1. The van der Waals surface area contributed by atoms with Crippen molar-refractivity contribution in [1.29, 1.82) is 0 Å². The Bertz CT molecular complexity index is 730. The molecule has 2 aliphatic rings. The number of nitrogens with one attached hydrogen (secondary N) is 1. The van der Waals surface area contributed by atoms with Gasteiger partial charge in [0.05, 0.1) is 5.52 Å². The predicted octanol–water partition coefficient (Wildman–Crippen LogP) is 2.83. The van der Waals surface area contributed by atoms with Crippen molar-refractivity contribution >= 4 is 11.1 Å². The topological polar surface area (TPSA) is 47.2 Å². The van der Waals surface area contributed by atoms with E-state index in [4.69, 9.17) is 4.42 Å². The van der Waals surface area contributed by atoms with Crippen LogP contribution in [-0.4, -0.2) is 11.6 Å². The molecule has 4 atom stereocenters. The lowest BCUT2D eigenvalue weighted by atomic mass is 9.80. The molecule has 2 aromatic rings. The van der Waals surface area contributed by atoms with Gasteiger partial charge in [-0.05, 0) is 61.8 Å². The minimum Gasteiger partial charge on any atom is -0.408 e. The van der Waals surface area contributed by atoms with Crippen LogP contribution in [0, 0.1) is 17.8 Å². The zero-order chi connectivity index (χ0) is 14.6. The van der Waals surface area contributed by atoms with Crippen molar-refractivity contribution in [3.8, 4) is 0 Å². The van der Waals surface area contributed by atoms with Gasteiger partial charge in [-0.25, -0.2) is 4.79 Å². The molecule has 2 bridgehead atoms. The standard InChI is InChI=1S/C17H22N2O2/c1-18-16(13-8-10-3-4-11(13)7-10)12-5-6-14-15(9-12)21-17(20)19(14)2/h5-6,9-11,13,16,18H,3-4,7-8H2,1-2H3. The number of rotatable bonds is 3. The summed E-state index contributed by atoms with van der Waals surface area (Å²) in [6.07, 6.45) is 5.55. The summed E-state index contributed by atoms with van der Waals surface area (Å²) in [4.78, 5) is 11.6. The number of benzene rings is 1. The van der Waals surface area contributed by atoms with Crippen LogP contribution in [0.15, 0.2) is 27.4 Å². The van der Waals surface area contributed by atoms with E-state index in [2.05, 4.69) is 11.4 Å². The second kappa shape index (κ2) is 4.73. The van der Waals surface area contributed by atoms with Gasteiger partial charge in [0, 0.05) is 13.1 Å². The Morgan fingerprint density at radius 3 is 2.86 bits per heavy atom. The third-order valence-electron chi connectivity index (χ3n) is 5.71. The normalized spacial score (nSPS) is 29.3. The summed E-state index contributed by atoms with van der Waals surface area (Å²) in [6.45, 7) is 0. The number of fused-ring (bicyclic) bond motifs is 3. The van der Waals surface area contributed by atoms with E-state index < -0.39 is 0 Å². The molecule has 2 aliphatic carbocycles. The lowest BCUT2D eigenvalue weighted by Crippen LogP contribution is -2.28. The summed E-state index contributed by atoms with van der Waals surface area (Å²) in [5, 5.41) is 3.50. The van der Waals surface area contributed by atoms with Crippen LogP contribution < -0.4 is 11.1 Å². The number of aromatic nitrogens is 1. The van der Waals surface area contributed by atoms with Crippen LogP contribution in [0.25, 0.3) is 11.1 Å². The molecule has 4 unspecified atom stereocenters. The fourth-order valence-corrected chi connectivity index (χ4v) is 4.67. The smallest absolute Gasteiger partial charge is 0.408 e. The Hall–Kier alpha value is -1.55. The molecule has 0 saturated heterocycles. The lowest BCUT2D eigenvalue weighted by molar-refractivity contribution is 0.259. The zero-order valence-corrected chi connectivity index (χ0v) is 12.6. The minimum absolute atomic E-state index is 0.289. The second-order valence-electron chi connectivity index (χ2n) is 6.76. The molecule has 4 heteroatoms. The van der Waals surface area contributed by atoms with Crippen LogP contribution in [0.2, 0.25) is 0 Å². The van der Waals surface area contributed by atoms with Crippen molar-refractivity contribution in [3.63, 3.8) is 0 Å². The van der Waals surface area contributed by atoms with E-state index in [1.54, 1.807) is 11.6 Å². The van der Waals surface area contributed by atoms with Crippen LogP contribution in [-0.2, 0) is 7.05 Å². The number of oxazole rings is 1. The second-order valence-corrected chi connectivity index (χ2v) is 6.76. The van der Waals surface area contributed by atoms with Crippen LogP contribution in [0.4, 0.5) is 0 Å². The van der Waals surface area contributed by atoms with Crippen molar-refractivity contribution in [2.45, 2.75) is 31.7 Å². The molecule has 2 fully saturated rings. The van der Waals surface area contributed by atoms with Crippen molar-refractivity contribution in [3.05, 3.63) is 34.3 Å². The van der Waals surface area contributed by atoms with Gasteiger partial charge in [0.15, 0.2) is 5.58 Å². The first-order valence-electron chi connectivity index (χ1n) is 7.94. The van der Waals surface area contributed by atoms with Gasteiger partial charge in [0.2, 0.25) is 0 Å². The Kier molecular flexibility index (Phi) is 2.96. The van der Waals surface area contributed by atoms with E-state index in [0.29, 0.717) is 11.6 Å². The van der Waals surface area contributed by atoms with E-state index in [-0.39, 0.29) is 5.76 Å². The van der Waals surface area contributed by atoms with Gasteiger partial charge in [-0.3, -0.25) is 4.57 Å². The molecule has 4 nitrogen and oxygen atoms in total. The van der Waals surface area contributed by atoms with Gasteiger partial charge < -0.3 is 9.73 Å². The monoisotopic (exact) mass is 286 g/mol. The summed E-state index contributed by atoms with van der Waals surface area (Å²) < 4.78 is 6.90. The summed E-state index contributed by atoms with van der Waals surface area (Å²) in [5.74, 6) is 2.24. The Morgan fingerprint density at radius 2 is 2.19 bits per heavy atom. The molecule has 2 saturated carbocycles. The van der Waals surface area contributed by atoms with E-state index >= 15 is 0 Å². The highest BCUT2D eigenvalue weighted by Gasteiger charge is 2.43. The van der Waals surface area contributed by atoms with Crippen molar-refractivity contribution < 1.29 is 4.42 Å². The molecule has 4 rings (SSSR count). The van der Waals surface area contributed by atoms with Crippen molar-refractivity contribution in [2.24, 2.45) is 24.8 Å². The van der Waals surface area contributed by atoms with E-state index in [1.807, 2.05) is 19.2 Å². The van der Waals surface area contributed by atoms with E-state index in [9.17, 15) is 4.79 Å². The molecular formula is C17H22N2O2. The van der Waals surface area contributed by atoms with Gasteiger partial charge in [-0.1, -0.05) is 12.5 Å². The third kappa shape index (κ3) is 1.96. The zero-order valence-electron chi connectivity index (χ0n) is 12.6. The van der Waals surface area contributed by atoms with Gasteiger partial charge in [0.1, 0.15) is 0 Å². The molecule has 1 aromatic carbocycles. The maximum Gasteiger partial charge on any atom is 0.419 e. The SMILES string of the molecule is CNC(c1ccc2c(c1)oc(=O)n2C)C1CC2CCC1C2. The maximum atomic E-state index is 11.6. The van der Waals surface area contributed by atoms with Gasteiger partial charge in [0.25, 0.3) is 0 Å². The molecule has 0 radical (unpaired) electrons. The van der Waals surface area contributed by atoms with E-state index in [0.717, 1.165) is 23.3 Å². The first-order valence-corrected chi connectivity index (χ1v) is 7.94. The number of hydrogen-bond acceptors (Lipinski definition) is 3. The van der Waals surface area contributed by atoms with E-state index in [1.165, 1.54) is 31.2 Å². The first-order chi connectivity index (χ1) is 10.2. The van der Waals surface area contributed by atoms with Gasteiger partial charge >= 0.3 is 5.76 Å². The van der Waals surface area contributed by atoms with Crippen LogP contribution >= 0.6 is 0 Å². The largest absolute Gasteiger partial charge is 0.419 e. The average molecular weight is 286 g/mol. The molecule has 1 heterocycles. The van der Waals surface area contributed by atoms with Crippen LogP contribution in [0.1, 0.15) is 37.3 Å². The first kappa shape index (κ1) is 13.1. The Balaban J connectivity index is 1.72. The summed E-state index contributed by atoms with van der Waals surface area (Å²) in [7, 11) is 3.79. The molecule has 0 amide bonds. The molecule has 112 valence electrons. The Morgan fingerprint density at radius 1 is 1.33 bits per heavy atom. The lowest BCUT2D eigenvalue weighted by Gasteiger charge is -2.30. The van der Waals surface area contributed by atoms with Crippen molar-refractivity contribution in [2.75, 3.05) is 7.05 Å². The highest BCUT2D eigenvalue weighted by Crippen LogP contribution is 2.52. The molecule has 0 spiro atoms. The summed E-state index contributed by atoms with van der Waals surface area (Å²) in [5.41, 5.74) is 2.81. The van der Waals surface area contributed by atoms with Gasteiger partial charge in [-0.15, -0.1) is 0 Å².